The molecule has 2 N–H and O–H groups in total. The first-order chi connectivity index (χ1) is 10.2. The Balaban J connectivity index is 2.13. The fourth-order valence-corrected chi connectivity index (χ4v) is 2.21. The fraction of sp³-hybridized carbons (Fsp3) is 0.267. The summed E-state index contributed by atoms with van der Waals surface area (Å²) in [7, 11) is 1.54. The van der Waals surface area contributed by atoms with Crippen LogP contribution in [0.5, 0.6) is 11.5 Å². The summed E-state index contributed by atoms with van der Waals surface area (Å²) in [6, 6.07) is 8.43. The number of pyridine rings is 1. The summed E-state index contributed by atoms with van der Waals surface area (Å²) in [4.78, 5) is 11.6. The number of hydrogen-bond donors (Lipinski definition) is 1. The smallest absolute Gasteiger partial charge is 0.250 e. The van der Waals surface area contributed by atoms with E-state index in [-0.39, 0.29) is 12.1 Å². The van der Waals surface area contributed by atoms with Gasteiger partial charge in [0.2, 0.25) is 0 Å². The Kier molecular flexibility index (Phi) is 5.25. The minimum atomic E-state index is -0.0665. The maximum Gasteiger partial charge on any atom is 0.250 e. The van der Waals surface area contributed by atoms with Gasteiger partial charge in [0.15, 0.2) is 11.5 Å². The molecular formula is C15H17ClN2O3. The van der Waals surface area contributed by atoms with Crippen LogP contribution in [0.15, 0.2) is 41.3 Å². The monoisotopic (exact) mass is 308 g/mol. The van der Waals surface area contributed by atoms with Crippen molar-refractivity contribution in [2.24, 2.45) is 5.73 Å². The molecule has 0 aliphatic carbocycles. The Morgan fingerprint density at radius 3 is 2.81 bits per heavy atom. The highest BCUT2D eigenvalue weighted by molar-refractivity contribution is 6.30. The van der Waals surface area contributed by atoms with Crippen LogP contribution in [0, 0.1) is 0 Å². The van der Waals surface area contributed by atoms with Crippen molar-refractivity contribution in [3.8, 4) is 11.5 Å². The molecule has 0 saturated heterocycles. The first kappa shape index (κ1) is 15.4. The summed E-state index contributed by atoms with van der Waals surface area (Å²) in [5, 5.41) is 0.541. The standard InChI is InChI=1S/C15H17ClN2O3/c1-20-13-9-12(16)8-11(10-17)15(13)21-7-6-18-5-3-2-4-14(18)19/h2-5,8-9H,6-7,10,17H2,1H3. The molecule has 0 unspecified atom stereocenters. The number of rotatable bonds is 6. The summed E-state index contributed by atoms with van der Waals surface area (Å²) in [6.07, 6.45) is 1.72. The maximum absolute atomic E-state index is 11.6. The third-order valence-corrected chi connectivity index (χ3v) is 3.23. The second-order valence-corrected chi connectivity index (χ2v) is 4.82. The van der Waals surface area contributed by atoms with Gasteiger partial charge in [-0.3, -0.25) is 4.79 Å². The average Bonchev–Trinajstić information content (AvgIpc) is 2.49. The molecule has 0 amide bonds. The second-order valence-electron chi connectivity index (χ2n) is 4.38. The lowest BCUT2D eigenvalue weighted by Crippen LogP contribution is -2.21. The summed E-state index contributed by atoms with van der Waals surface area (Å²) >= 11 is 5.99. The van der Waals surface area contributed by atoms with Gasteiger partial charge in [0.25, 0.3) is 5.56 Å². The van der Waals surface area contributed by atoms with E-state index in [0.29, 0.717) is 29.7 Å². The normalized spacial score (nSPS) is 10.4. The molecule has 2 aromatic rings. The molecule has 2 rings (SSSR count). The SMILES string of the molecule is COc1cc(Cl)cc(CN)c1OCCn1ccccc1=O. The first-order valence-electron chi connectivity index (χ1n) is 6.50. The van der Waals surface area contributed by atoms with Crippen LogP contribution >= 0.6 is 11.6 Å². The largest absolute Gasteiger partial charge is 0.493 e. The van der Waals surface area contributed by atoms with Gasteiger partial charge in [0, 0.05) is 35.5 Å². The third kappa shape index (κ3) is 3.77. The van der Waals surface area contributed by atoms with Crippen molar-refractivity contribution < 1.29 is 9.47 Å². The summed E-state index contributed by atoms with van der Waals surface area (Å²) < 4.78 is 12.6. The van der Waals surface area contributed by atoms with Gasteiger partial charge in [-0.1, -0.05) is 17.7 Å². The van der Waals surface area contributed by atoms with Gasteiger partial charge < -0.3 is 19.8 Å². The molecule has 1 aromatic heterocycles. The molecule has 1 aromatic carbocycles. The van der Waals surface area contributed by atoms with Gasteiger partial charge in [-0.2, -0.15) is 0 Å². The van der Waals surface area contributed by atoms with E-state index in [9.17, 15) is 4.79 Å². The van der Waals surface area contributed by atoms with Gasteiger partial charge in [-0.05, 0) is 12.1 Å². The Bertz CT molecular complexity index is 645. The van der Waals surface area contributed by atoms with Crippen LogP contribution in [0.1, 0.15) is 5.56 Å². The number of benzene rings is 1. The molecular weight excluding hydrogens is 292 g/mol. The number of nitrogens with zero attached hydrogens (tertiary/aromatic N) is 1. The van der Waals surface area contributed by atoms with Gasteiger partial charge in [0.05, 0.1) is 13.7 Å². The zero-order valence-corrected chi connectivity index (χ0v) is 12.5. The van der Waals surface area contributed by atoms with Gasteiger partial charge in [0.1, 0.15) is 6.61 Å². The Morgan fingerprint density at radius 1 is 1.33 bits per heavy atom. The van der Waals surface area contributed by atoms with E-state index in [0.717, 1.165) is 5.56 Å². The molecule has 0 spiro atoms. The van der Waals surface area contributed by atoms with Crippen molar-refractivity contribution in [1.82, 2.24) is 4.57 Å². The minimum Gasteiger partial charge on any atom is -0.493 e. The lowest BCUT2D eigenvalue weighted by molar-refractivity contribution is 0.275. The van der Waals surface area contributed by atoms with Crippen molar-refractivity contribution in [1.29, 1.82) is 0 Å². The molecule has 6 heteroatoms. The van der Waals surface area contributed by atoms with E-state index in [1.165, 1.54) is 6.07 Å². The lowest BCUT2D eigenvalue weighted by atomic mass is 10.2. The number of methoxy groups -OCH3 is 1. The van der Waals surface area contributed by atoms with Gasteiger partial charge in [-0.25, -0.2) is 0 Å². The van der Waals surface area contributed by atoms with Crippen LogP contribution in [0.25, 0.3) is 0 Å². The van der Waals surface area contributed by atoms with Crippen molar-refractivity contribution >= 4 is 11.6 Å². The molecule has 5 nitrogen and oxygen atoms in total. The van der Waals surface area contributed by atoms with Crippen molar-refractivity contribution in [3.05, 3.63) is 57.5 Å². The predicted molar refractivity (Wildman–Crippen MR) is 82.1 cm³/mol. The molecule has 112 valence electrons. The number of hydrogen-bond acceptors (Lipinski definition) is 4. The van der Waals surface area contributed by atoms with Crippen LogP contribution in [0.2, 0.25) is 5.02 Å². The van der Waals surface area contributed by atoms with Crippen LogP contribution in [-0.4, -0.2) is 18.3 Å². The molecule has 0 saturated carbocycles. The zero-order valence-electron chi connectivity index (χ0n) is 11.7. The molecule has 0 bridgehead atoms. The number of nitrogens with two attached hydrogens (primary N) is 1. The molecule has 0 fully saturated rings. The molecule has 21 heavy (non-hydrogen) atoms. The summed E-state index contributed by atoms with van der Waals surface area (Å²) in [5.74, 6) is 1.09. The fourth-order valence-electron chi connectivity index (χ4n) is 1.98. The van der Waals surface area contributed by atoms with E-state index in [4.69, 9.17) is 26.8 Å². The minimum absolute atomic E-state index is 0.0665. The molecule has 1 heterocycles. The Labute approximate surface area is 127 Å². The summed E-state index contributed by atoms with van der Waals surface area (Å²) in [6.45, 7) is 1.06. The molecule has 0 atom stereocenters. The van der Waals surface area contributed by atoms with Crippen LogP contribution in [0.3, 0.4) is 0 Å². The van der Waals surface area contributed by atoms with Crippen molar-refractivity contribution in [2.45, 2.75) is 13.1 Å². The maximum atomic E-state index is 11.6. The second kappa shape index (κ2) is 7.15. The average molecular weight is 309 g/mol. The van der Waals surface area contributed by atoms with Crippen LogP contribution in [0.4, 0.5) is 0 Å². The van der Waals surface area contributed by atoms with E-state index >= 15 is 0 Å². The quantitative estimate of drug-likeness (QED) is 0.887. The highest BCUT2D eigenvalue weighted by Gasteiger charge is 2.12. The van der Waals surface area contributed by atoms with Gasteiger partial charge in [-0.15, -0.1) is 0 Å². The highest BCUT2D eigenvalue weighted by atomic mass is 35.5. The topological polar surface area (TPSA) is 66.5 Å². The van der Waals surface area contributed by atoms with Crippen LogP contribution < -0.4 is 20.8 Å². The first-order valence-corrected chi connectivity index (χ1v) is 6.88. The van der Waals surface area contributed by atoms with E-state index in [1.54, 1.807) is 42.1 Å². The number of ether oxygens (including phenoxy) is 2. The van der Waals surface area contributed by atoms with E-state index in [2.05, 4.69) is 0 Å². The highest BCUT2D eigenvalue weighted by Crippen LogP contribution is 2.34. The van der Waals surface area contributed by atoms with Crippen LogP contribution in [-0.2, 0) is 13.1 Å². The summed E-state index contributed by atoms with van der Waals surface area (Å²) in [5.41, 5.74) is 6.40. The third-order valence-electron chi connectivity index (χ3n) is 3.01. The molecule has 0 radical (unpaired) electrons. The Hall–Kier alpha value is -1.98. The molecule has 0 aliphatic heterocycles. The van der Waals surface area contributed by atoms with Crippen molar-refractivity contribution in [2.75, 3.05) is 13.7 Å². The Morgan fingerprint density at radius 2 is 2.14 bits per heavy atom. The van der Waals surface area contributed by atoms with Gasteiger partial charge >= 0.3 is 0 Å². The van der Waals surface area contributed by atoms with E-state index in [1.807, 2.05) is 0 Å². The van der Waals surface area contributed by atoms with E-state index < -0.39 is 0 Å². The predicted octanol–water partition coefficient (Wildman–Crippen LogP) is 2.05. The zero-order chi connectivity index (χ0) is 15.2. The number of halogens is 1. The lowest BCUT2D eigenvalue weighted by Gasteiger charge is -2.15. The van der Waals surface area contributed by atoms with Crippen molar-refractivity contribution in [3.63, 3.8) is 0 Å². The molecule has 0 aliphatic rings. The number of aromatic nitrogens is 1.